The number of nitrogens with zero attached hydrogens (tertiary/aromatic N) is 1. The molecule has 0 bridgehead atoms. The molecule has 6 heteroatoms. The van der Waals surface area contributed by atoms with Crippen LogP contribution in [0.1, 0.15) is 17.5 Å². The van der Waals surface area contributed by atoms with E-state index in [9.17, 15) is 8.42 Å². The lowest BCUT2D eigenvalue weighted by atomic mass is 10.1. The third-order valence-electron chi connectivity index (χ3n) is 3.53. The monoisotopic (exact) mass is 329 g/mol. The van der Waals surface area contributed by atoms with Gasteiger partial charge in [-0.1, -0.05) is 30.3 Å². The number of sulfonamides is 1. The van der Waals surface area contributed by atoms with E-state index < -0.39 is 10.0 Å². The summed E-state index contributed by atoms with van der Waals surface area (Å²) < 4.78 is 27.0. The maximum Gasteiger partial charge on any atom is 0.236 e. The summed E-state index contributed by atoms with van der Waals surface area (Å²) >= 11 is 0. The molecule has 2 aromatic carbocycles. The smallest absolute Gasteiger partial charge is 0.236 e. The third-order valence-corrected chi connectivity index (χ3v) is 4.79. The van der Waals surface area contributed by atoms with Crippen molar-refractivity contribution in [1.29, 1.82) is 0 Å². The van der Waals surface area contributed by atoms with Crippen molar-refractivity contribution in [3.05, 3.63) is 65.7 Å². The van der Waals surface area contributed by atoms with E-state index in [-0.39, 0.29) is 5.75 Å². The minimum absolute atomic E-state index is 0.0378. The molecule has 1 heterocycles. The van der Waals surface area contributed by atoms with Gasteiger partial charge in [-0.25, -0.2) is 8.42 Å². The molecule has 0 unspecified atom stereocenters. The molecule has 3 rings (SSSR count). The first-order valence-corrected chi connectivity index (χ1v) is 9.21. The van der Waals surface area contributed by atoms with Gasteiger partial charge in [0.15, 0.2) is 0 Å². The van der Waals surface area contributed by atoms with Crippen LogP contribution >= 0.6 is 0 Å². The fraction of sp³-hybridized carbons (Fsp3) is 0.235. The summed E-state index contributed by atoms with van der Waals surface area (Å²) in [4.78, 5) is 4.43. The summed E-state index contributed by atoms with van der Waals surface area (Å²) in [5, 5.41) is 3.25. The van der Waals surface area contributed by atoms with Crippen molar-refractivity contribution in [2.24, 2.45) is 4.99 Å². The van der Waals surface area contributed by atoms with Gasteiger partial charge in [-0.3, -0.25) is 9.71 Å². The second-order valence-corrected chi connectivity index (χ2v) is 7.16. The van der Waals surface area contributed by atoms with E-state index in [1.807, 2.05) is 30.3 Å². The van der Waals surface area contributed by atoms with Crippen molar-refractivity contribution in [3.63, 3.8) is 0 Å². The zero-order valence-electron chi connectivity index (χ0n) is 12.7. The predicted molar refractivity (Wildman–Crippen MR) is 93.2 cm³/mol. The topological polar surface area (TPSA) is 70.6 Å². The minimum Gasteiger partial charge on any atom is -0.370 e. The van der Waals surface area contributed by atoms with Crippen LogP contribution in [0.4, 0.5) is 5.69 Å². The standard InChI is InChI=1S/C17H19N3O2S/c21-23(22,13-14-5-2-1-3-6-14)20-16-9-7-15(8-10-16)17-18-11-4-12-19-17/h1-3,5-10,20H,4,11-13H2,(H,18,19). The number of aliphatic imine (C=N–C) groups is 1. The van der Waals surface area contributed by atoms with E-state index in [2.05, 4.69) is 15.0 Å². The Balaban J connectivity index is 1.69. The number of nitrogens with one attached hydrogen (secondary N) is 2. The highest BCUT2D eigenvalue weighted by Crippen LogP contribution is 2.15. The van der Waals surface area contributed by atoms with Gasteiger partial charge < -0.3 is 5.32 Å². The van der Waals surface area contributed by atoms with Crippen molar-refractivity contribution in [2.45, 2.75) is 12.2 Å². The Labute approximate surface area is 136 Å². The average Bonchev–Trinajstić information content (AvgIpc) is 2.56. The van der Waals surface area contributed by atoms with Gasteiger partial charge >= 0.3 is 0 Å². The zero-order valence-corrected chi connectivity index (χ0v) is 13.5. The molecule has 0 fully saturated rings. The molecule has 23 heavy (non-hydrogen) atoms. The molecule has 1 aliphatic heterocycles. The van der Waals surface area contributed by atoms with Crippen molar-refractivity contribution >= 4 is 21.5 Å². The molecular formula is C17H19N3O2S. The number of anilines is 1. The number of benzene rings is 2. The van der Waals surface area contributed by atoms with Gasteiger partial charge in [0, 0.05) is 24.3 Å². The molecule has 0 aromatic heterocycles. The van der Waals surface area contributed by atoms with Gasteiger partial charge in [0.2, 0.25) is 10.0 Å². The van der Waals surface area contributed by atoms with Gasteiger partial charge in [-0.2, -0.15) is 0 Å². The van der Waals surface area contributed by atoms with Crippen molar-refractivity contribution in [3.8, 4) is 0 Å². The van der Waals surface area contributed by atoms with Crippen LogP contribution in [0.2, 0.25) is 0 Å². The van der Waals surface area contributed by atoms with Crippen LogP contribution < -0.4 is 10.0 Å². The van der Waals surface area contributed by atoms with Gasteiger partial charge in [0.25, 0.3) is 0 Å². The van der Waals surface area contributed by atoms with Gasteiger partial charge in [0.05, 0.1) is 5.75 Å². The predicted octanol–water partition coefficient (Wildman–Crippen LogP) is 2.37. The average molecular weight is 329 g/mol. The first-order chi connectivity index (χ1) is 11.1. The summed E-state index contributed by atoms with van der Waals surface area (Å²) in [7, 11) is -3.42. The molecule has 1 aliphatic rings. The zero-order chi connectivity index (χ0) is 16.1. The highest BCUT2D eigenvalue weighted by Gasteiger charge is 2.12. The summed E-state index contributed by atoms with van der Waals surface area (Å²) in [6.45, 7) is 1.75. The third kappa shape index (κ3) is 4.32. The molecule has 0 saturated heterocycles. The molecule has 2 aromatic rings. The molecule has 120 valence electrons. The Morgan fingerprint density at radius 3 is 2.43 bits per heavy atom. The van der Waals surface area contributed by atoms with E-state index in [4.69, 9.17) is 0 Å². The van der Waals surface area contributed by atoms with E-state index in [0.29, 0.717) is 5.69 Å². The summed E-state index contributed by atoms with van der Waals surface area (Å²) in [5.74, 6) is 0.832. The van der Waals surface area contributed by atoms with Crippen molar-refractivity contribution in [1.82, 2.24) is 5.32 Å². The van der Waals surface area contributed by atoms with Gasteiger partial charge in [0.1, 0.15) is 5.84 Å². The Kier molecular flexibility index (Phi) is 4.62. The molecule has 0 atom stereocenters. The lowest BCUT2D eigenvalue weighted by molar-refractivity contribution is 0.600. The molecule has 2 N–H and O–H groups in total. The fourth-order valence-electron chi connectivity index (χ4n) is 2.43. The highest BCUT2D eigenvalue weighted by atomic mass is 32.2. The maximum absolute atomic E-state index is 12.2. The van der Waals surface area contributed by atoms with Crippen LogP contribution in [-0.4, -0.2) is 27.3 Å². The first kappa shape index (κ1) is 15.6. The van der Waals surface area contributed by atoms with Crippen LogP contribution in [0.25, 0.3) is 0 Å². The summed E-state index contributed by atoms with van der Waals surface area (Å²) in [5.41, 5.74) is 2.29. The number of hydrogen-bond donors (Lipinski definition) is 2. The van der Waals surface area contributed by atoms with E-state index in [1.54, 1.807) is 24.3 Å². The summed E-state index contributed by atoms with van der Waals surface area (Å²) in [6.07, 6.45) is 1.04. The molecular weight excluding hydrogens is 310 g/mol. The van der Waals surface area contributed by atoms with Crippen molar-refractivity contribution in [2.75, 3.05) is 17.8 Å². The van der Waals surface area contributed by atoms with Crippen LogP contribution in [0, 0.1) is 0 Å². The molecule has 0 saturated carbocycles. The Bertz CT molecular complexity index is 784. The Morgan fingerprint density at radius 2 is 1.78 bits per heavy atom. The fourth-order valence-corrected chi connectivity index (χ4v) is 3.63. The summed E-state index contributed by atoms with van der Waals surface area (Å²) in [6, 6.07) is 16.4. The molecule has 0 spiro atoms. The molecule has 0 amide bonds. The highest BCUT2D eigenvalue weighted by molar-refractivity contribution is 7.91. The lowest BCUT2D eigenvalue weighted by Gasteiger charge is -2.15. The second-order valence-electron chi connectivity index (χ2n) is 5.43. The van der Waals surface area contributed by atoms with Crippen LogP contribution in [0.3, 0.4) is 0 Å². The quantitative estimate of drug-likeness (QED) is 0.885. The molecule has 0 aliphatic carbocycles. The van der Waals surface area contributed by atoms with Crippen molar-refractivity contribution < 1.29 is 8.42 Å². The van der Waals surface area contributed by atoms with Gasteiger partial charge in [-0.15, -0.1) is 0 Å². The number of amidine groups is 1. The van der Waals surface area contributed by atoms with E-state index >= 15 is 0 Å². The molecule has 0 radical (unpaired) electrons. The minimum atomic E-state index is -3.42. The SMILES string of the molecule is O=S(=O)(Cc1ccccc1)Nc1ccc(C2=NCCCN2)cc1. The lowest BCUT2D eigenvalue weighted by Crippen LogP contribution is -2.30. The Morgan fingerprint density at radius 1 is 1.04 bits per heavy atom. The van der Waals surface area contributed by atoms with Crippen LogP contribution in [0.5, 0.6) is 0 Å². The normalized spacial score (nSPS) is 14.7. The van der Waals surface area contributed by atoms with Crippen LogP contribution in [-0.2, 0) is 15.8 Å². The van der Waals surface area contributed by atoms with Crippen LogP contribution in [0.15, 0.2) is 59.6 Å². The largest absolute Gasteiger partial charge is 0.370 e. The molecule has 5 nitrogen and oxygen atoms in total. The van der Waals surface area contributed by atoms with Gasteiger partial charge in [-0.05, 0) is 36.2 Å². The van der Waals surface area contributed by atoms with E-state index in [0.717, 1.165) is 36.5 Å². The number of rotatable bonds is 5. The Hall–Kier alpha value is -2.34. The first-order valence-electron chi connectivity index (χ1n) is 7.56. The maximum atomic E-state index is 12.2. The second kappa shape index (κ2) is 6.83. The number of hydrogen-bond acceptors (Lipinski definition) is 4. The van der Waals surface area contributed by atoms with E-state index in [1.165, 1.54) is 0 Å².